The average Bonchev–Trinajstić information content (AvgIpc) is 2.63. The number of carbonyl (C=O) groups is 1. The monoisotopic (exact) mass is 332 g/mol. The van der Waals surface area contributed by atoms with Gasteiger partial charge in [0, 0.05) is 24.5 Å². The Balaban J connectivity index is 1.54. The van der Waals surface area contributed by atoms with E-state index in [1.54, 1.807) is 0 Å². The number of hydrogen-bond donors (Lipinski definition) is 2. The van der Waals surface area contributed by atoms with E-state index < -0.39 is 0 Å². The summed E-state index contributed by atoms with van der Waals surface area (Å²) in [4.78, 5) is 16.2. The molecule has 5 heteroatoms. The van der Waals surface area contributed by atoms with E-state index in [1.807, 2.05) is 19.1 Å². The molecule has 3 rings (SSSR count). The Labute approximate surface area is 145 Å². The van der Waals surface area contributed by atoms with Crippen LogP contribution in [0.5, 0.6) is 0 Å². The van der Waals surface area contributed by atoms with Crippen molar-refractivity contribution in [2.75, 3.05) is 49.6 Å². The summed E-state index contributed by atoms with van der Waals surface area (Å²) in [5.74, 6) is 0.926. The fourth-order valence-electron chi connectivity index (χ4n) is 3.58. The molecule has 2 aliphatic rings. The normalized spacial score (nSPS) is 26.0. The van der Waals surface area contributed by atoms with Crippen LogP contribution in [0, 0.1) is 5.92 Å². The molecular weight excluding hydrogens is 302 g/mol. The van der Waals surface area contributed by atoms with E-state index in [1.165, 1.54) is 23.4 Å². The molecule has 0 bridgehead atoms. The number of nitrogens with zero attached hydrogens (tertiary/aromatic N) is 1. The second kappa shape index (κ2) is 7.99. The SMILES string of the molecule is CC1CC[NH+]([C@@H](C)C(=O)Nc2ccc(N3CCOCC3)cc2)CC1. The van der Waals surface area contributed by atoms with Crippen LogP contribution in [0.4, 0.5) is 11.4 Å². The molecule has 0 aliphatic carbocycles. The van der Waals surface area contributed by atoms with Gasteiger partial charge in [0.1, 0.15) is 0 Å². The molecule has 0 aromatic heterocycles. The fourth-order valence-corrected chi connectivity index (χ4v) is 3.58. The highest BCUT2D eigenvalue weighted by molar-refractivity contribution is 5.93. The zero-order valence-electron chi connectivity index (χ0n) is 14.9. The Morgan fingerprint density at radius 3 is 2.46 bits per heavy atom. The summed E-state index contributed by atoms with van der Waals surface area (Å²) in [5, 5.41) is 3.08. The predicted molar refractivity (Wildman–Crippen MR) is 96.7 cm³/mol. The van der Waals surface area contributed by atoms with Crippen molar-refractivity contribution in [1.29, 1.82) is 0 Å². The molecule has 2 N–H and O–H groups in total. The van der Waals surface area contributed by atoms with E-state index in [2.05, 4.69) is 29.3 Å². The van der Waals surface area contributed by atoms with E-state index in [4.69, 9.17) is 4.74 Å². The summed E-state index contributed by atoms with van der Waals surface area (Å²) < 4.78 is 5.39. The number of likely N-dealkylation sites (tertiary alicyclic amines) is 1. The summed E-state index contributed by atoms with van der Waals surface area (Å²) in [6, 6.07) is 8.19. The summed E-state index contributed by atoms with van der Waals surface area (Å²) in [6.07, 6.45) is 2.45. The van der Waals surface area contributed by atoms with Gasteiger partial charge in [0.25, 0.3) is 5.91 Å². The second-order valence-electron chi connectivity index (χ2n) is 7.20. The molecule has 5 nitrogen and oxygen atoms in total. The molecule has 0 saturated carbocycles. The second-order valence-corrected chi connectivity index (χ2v) is 7.20. The molecule has 0 spiro atoms. The van der Waals surface area contributed by atoms with E-state index in [0.717, 1.165) is 51.0 Å². The molecule has 2 fully saturated rings. The number of benzene rings is 1. The third-order valence-electron chi connectivity index (χ3n) is 5.43. The van der Waals surface area contributed by atoms with Crippen LogP contribution in [0.1, 0.15) is 26.7 Å². The van der Waals surface area contributed by atoms with E-state index in [9.17, 15) is 4.79 Å². The van der Waals surface area contributed by atoms with Crippen LogP contribution in [0.3, 0.4) is 0 Å². The topological polar surface area (TPSA) is 46.0 Å². The number of amides is 1. The Kier molecular flexibility index (Phi) is 5.74. The van der Waals surface area contributed by atoms with Crippen molar-refractivity contribution in [3.05, 3.63) is 24.3 Å². The average molecular weight is 332 g/mol. The molecular formula is C19H30N3O2+. The first-order chi connectivity index (χ1) is 11.6. The lowest BCUT2D eigenvalue weighted by Crippen LogP contribution is -3.17. The molecule has 1 atom stereocenters. The molecule has 0 radical (unpaired) electrons. The number of rotatable bonds is 4. The van der Waals surface area contributed by atoms with Gasteiger partial charge in [-0.3, -0.25) is 4.79 Å². The lowest BCUT2D eigenvalue weighted by atomic mass is 9.98. The maximum absolute atomic E-state index is 12.5. The minimum absolute atomic E-state index is 0.0106. The van der Waals surface area contributed by atoms with Gasteiger partial charge in [-0.1, -0.05) is 6.92 Å². The van der Waals surface area contributed by atoms with Crippen molar-refractivity contribution in [3.8, 4) is 0 Å². The quantitative estimate of drug-likeness (QED) is 0.870. The third kappa shape index (κ3) is 4.28. The maximum atomic E-state index is 12.5. The molecule has 1 aromatic carbocycles. The number of piperidine rings is 1. The minimum atomic E-state index is 0.0106. The highest BCUT2D eigenvalue weighted by atomic mass is 16.5. The first-order valence-electron chi connectivity index (χ1n) is 9.21. The van der Waals surface area contributed by atoms with Gasteiger partial charge < -0.3 is 19.9 Å². The van der Waals surface area contributed by atoms with Crippen molar-refractivity contribution in [1.82, 2.24) is 0 Å². The van der Waals surface area contributed by atoms with Gasteiger partial charge in [-0.05, 0) is 49.9 Å². The number of morpholine rings is 1. The number of anilines is 2. The first-order valence-corrected chi connectivity index (χ1v) is 9.21. The molecule has 0 unspecified atom stereocenters. The predicted octanol–water partition coefficient (Wildman–Crippen LogP) is 1.17. The molecule has 2 saturated heterocycles. The van der Waals surface area contributed by atoms with Crippen molar-refractivity contribution in [3.63, 3.8) is 0 Å². The Bertz CT molecular complexity index is 532. The van der Waals surface area contributed by atoms with E-state index in [-0.39, 0.29) is 11.9 Å². The molecule has 132 valence electrons. The van der Waals surface area contributed by atoms with Crippen LogP contribution in [0.2, 0.25) is 0 Å². The highest BCUT2D eigenvalue weighted by Crippen LogP contribution is 2.19. The summed E-state index contributed by atoms with van der Waals surface area (Å²) in [5.41, 5.74) is 2.08. The van der Waals surface area contributed by atoms with Crippen LogP contribution >= 0.6 is 0 Å². The Morgan fingerprint density at radius 2 is 1.83 bits per heavy atom. The summed E-state index contributed by atoms with van der Waals surface area (Å²) >= 11 is 0. The van der Waals surface area contributed by atoms with Crippen molar-refractivity contribution < 1.29 is 14.4 Å². The lowest BCUT2D eigenvalue weighted by Gasteiger charge is -2.31. The molecule has 2 aliphatic heterocycles. The van der Waals surface area contributed by atoms with Gasteiger partial charge in [0.15, 0.2) is 6.04 Å². The third-order valence-corrected chi connectivity index (χ3v) is 5.43. The Morgan fingerprint density at radius 1 is 1.21 bits per heavy atom. The Hall–Kier alpha value is -1.59. The number of ether oxygens (including phenoxy) is 1. The van der Waals surface area contributed by atoms with Crippen LogP contribution in [0.25, 0.3) is 0 Å². The van der Waals surface area contributed by atoms with Gasteiger partial charge in [-0.25, -0.2) is 0 Å². The van der Waals surface area contributed by atoms with Gasteiger partial charge in [0.05, 0.1) is 26.3 Å². The fraction of sp³-hybridized carbons (Fsp3) is 0.632. The molecule has 1 aromatic rings. The first kappa shape index (κ1) is 17.2. The van der Waals surface area contributed by atoms with Gasteiger partial charge in [-0.15, -0.1) is 0 Å². The molecule has 24 heavy (non-hydrogen) atoms. The molecule has 1 amide bonds. The highest BCUT2D eigenvalue weighted by Gasteiger charge is 2.28. The largest absolute Gasteiger partial charge is 0.378 e. The number of quaternary nitrogens is 1. The van der Waals surface area contributed by atoms with Crippen LogP contribution in [-0.4, -0.2) is 51.3 Å². The van der Waals surface area contributed by atoms with Gasteiger partial charge in [-0.2, -0.15) is 0 Å². The number of carbonyl (C=O) groups excluding carboxylic acids is 1. The lowest BCUT2D eigenvalue weighted by molar-refractivity contribution is -0.919. The zero-order valence-corrected chi connectivity index (χ0v) is 14.9. The van der Waals surface area contributed by atoms with Crippen LogP contribution < -0.4 is 15.1 Å². The number of nitrogens with one attached hydrogen (secondary N) is 2. The van der Waals surface area contributed by atoms with Crippen LogP contribution in [-0.2, 0) is 9.53 Å². The van der Waals surface area contributed by atoms with E-state index >= 15 is 0 Å². The molecule has 2 heterocycles. The van der Waals surface area contributed by atoms with Gasteiger partial charge >= 0.3 is 0 Å². The smallest absolute Gasteiger partial charge is 0.282 e. The maximum Gasteiger partial charge on any atom is 0.282 e. The van der Waals surface area contributed by atoms with Crippen LogP contribution in [0.15, 0.2) is 24.3 Å². The minimum Gasteiger partial charge on any atom is -0.378 e. The zero-order chi connectivity index (χ0) is 16.9. The van der Waals surface area contributed by atoms with Crippen molar-refractivity contribution >= 4 is 17.3 Å². The van der Waals surface area contributed by atoms with Gasteiger partial charge in [0.2, 0.25) is 0 Å². The summed E-state index contributed by atoms with van der Waals surface area (Å²) in [6.45, 7) is 9.98. The van der Waals surface area contributed by atoms with E-state index in [0.29, 0.717) is 0 Å². The summed E-state index contributed by atoms with van der Waals surface area (Å²) in [7, 11) is 0. The standard InChI is InChI=1S/C19H29N3O2/c1-15-7-9-21(10-8-15)16(2)19(23)20-17-3-5-18(6-4-17)22-11-13-24-14-12-22/h3-6,15-16H,7-14H2,1-2H3,(H,20,23)/p+1/t16-/m0/s1. The van der Waals surface area contributed by atoms with Crippen molar-refractivity contribution in [2.45, 2.75) is 32.7 Å². The number of hydrogen-bond acceptors (Lipinski definition) is 3. The van der Waals surface area contributed by atoms with Crippen molar-refractivity contribution in [2.24, 2.45) is 5.92 Å².